The van der Waals surface area contributed by atoms with E-state index >= 15 is 0 Å². The Hall–Kier alpha value is -1.62. The fourth-order valence-corrected chi connectivity index (χ4v) is 1.42. The van der Waals surface area contributed by atoms with Crippen LogP contribution in [0.3, 0.4) is 0 Å². The zero-order valence-electron chi connectivity index (χ0n) is 9.64. The number of aliphatic hydroxyl groups is 1. The topological polar surface area (TPSA) is 73.7 Å². The van der Waals surface area contributed by atoms with E-state index in [0.717, 1.165) is 0 Å². The van der Waals surface area contributed by atoms with E-state index in [0.29, 0.717) is 0 Å². The summed E-state index contributed by atoms with van der Waals surface area (Å²) in [6.45, 7) is 3.42. The highest BCUT2D eigenvalue weighted by atomic mass is 16.3. The molecule has 0 aliphatic carbocycles. The van der Waals surface area contributed by atoms with Gasteiger partial charge in [-0.3, -0.25) is 9.78 Å². The van der Waals surface area contributed by atoms with Gasteiger partial charge < -0.3 is 15.1 Å². The molecule has 1 amide bonds. The van der Waals surface area contributed by atoms with Gasteiger partial charge in [-0.25, -0.2) is 0 Å². The van der Waals surface area contributed by atoms with Crippen molar-refractivity contribution in [3.05, 3.63) is 24.0 Å². The second-order valence-corrected chi connectivity index (χ2v) is 4.37. The quantitative estimate of drug-likeness (QED) is 0.789. The van der Waals surface area contributed by atoms with Crippen LogP contribution in [0.1, 0.15) is 24.2 Å². The van der Waals surface area contributed by atoms with Crippen LogP contribution in [0.25, 0.3) is 0 Å². The van der Waals surface area contributed by atoms with Crippen LogP contribution in [0.15, 0.2) is 18.5 Å². The average molecular weight is 224 g/mol. The van der Waals surface area contributed by atoms with Gasteiger partial charge in [0.15, 0.2) is 0 Å². The number of aromatic hydroxyl groups is 1. The van der Waals surface area contributed by atoms with Crippen molar-refractivity contribution in [2.45, 2.75) is 19.4 Å². The maximum atomic E-state index is 11.9. The van der Waals surface area contributed by atoms with Gasteiger partial charge in [0, 0.05) is 19.8 Å². The molecule has 0 saturated carbocycles. The highest BCUT2D eigenvalue weighted by Gasteiger charge is 2.21. The predicted octanol–water partition coefficient (Wildman–Crippen LogP) is 0.630. The van der Waals surface area contributed by atoms with Crippen molar-refractivity contribution < 1.29 is 15.0 Å². The summed E-state index contributed by atoms with van der Waals surface area (Å²) < 4.78 is 0. The number of carbonyl (C=O) groups is 1. The first-order valence-corrected chi connectivity index (χ1v) is 4.92. The number of nitrogens with zero attached hydrogens (tertiary/aromatic N) is 2. The second-order valence-electron chi connectivity index (χ2n) is 4.37. The Labute approximate surface area is 94.4 Å². The number of aromatic nitrogens is 1. The van der Waals surface area contributed by atoms with Crippen molar-refractivity contribution in [2.75, 3.05) is 13.6 Å². The third kappa shape index (κ3) is 3.20. The van der Waals surface area contributed by atoms with Crippen LogP contribution in [-0.4, -0.2) is 45.2 Å². The van der Waals surface area contributed by atoms with E-state index in [1.54, 1.807) is 20.9 Å². The summed E-state index contributed by atoms with van der Waals surface area (Å²) in [4.78, 5) is 16.9. The van der Waals surface area contributed by atoms with Gasteiger partial charge in [-0.15, -0.1) is 0 Å². The molecule has 1 rings (SSSR count). The van der Waals surface area contributed by atoms with E-state index < -0.39 is 5.60 Å². The van der Waals surface area contributed by atoms with Gasteiger partial charge >= 0.3 is 0 Å². The van der Waals surface area contributed by atoms with Crippen molar-refractivity contribution in [3.63, 3.8) is 0 Å². The summed E-state index contributed by atoms with van der Waals surface area (Å²) in [6.07, 6.45) is 2.65. The number of carbonyl (C=O) groups excluding carboxylic acids is 1. The zero-order valence-corrected chi connectivity index (χ0v) is 9.64. The molecule has 0 atom stereocenters. The highest BCUT2D eigenvalue weighted by molar-refractivity contribution is 5.96. The molecule has 1 aromatic rings. The Bertz CT molecular complexity index is 385. The first-order valence-electron chi connectivity index (χ1n) is 4.92. The normalized spacial score (nSPS) is 11.2. The first kappa shape index (κ1) is 12.4. The number of hydrogen-bond donors (Lipinski definition) is 2. The molecule has 0 radical (unpaired) electrons. The summed E-state index contributed by atoms with van der Waals surface area (Å²) in [5.41, 5.74) is -0.783. The van der Waals surface area contributed by atoms with Gasteiger partial charge in [0.2, 0.25) is 0 Å². The van der Waals surface area contributed by atoms with Crippen molar-refractivity contribution in [2.24, 2.45) is 0 Å². The lowest BCUT2D eigenvalue weighted by Gasteiger charge is -2.25. The Morgan fingerprint density at radius 1 is 1.56 bits per heavy atom. The van der Waals surface area contributed by atoms with E-state index in [1.165, 1.54) is 23.4 Å². The smallest absolute Gasteiger partial charge is 0.257 e. The van der Waals surface area contributed by atoms with E-state index in [4.69, 9.17) is 0 Å². The molecule has 88 valence electrons. The summed E-state index contributed by atoms with van der Waals surface area (Å²) >= 11 is 0. The maximum absolute atomic E-state index is 11.9. The minimum absolute atomic E-state index is 0.157. The molecule has 0 spiro atoms. The Balaban J connectivity index is 2.83. The first-order chi connectivity index (χ1) is 7.31. The van der Waals surface area contributed by atoms with Crippen molar-refractivity contribution in [1.29, 1.82) is 0 Å². The minimum atomic E-state index is -0.965. The SMILES string of the molecule is CN(CC(C)(C)O)C(=O)c1ccncc1O. The van der Waals surface area contributed by atoms with Gasteiger partial charge in [-0.1, -0.05) is 0 Å². The lowest BCUT2D eigenvalue weighted by atomic mass is 10.1. The molecular weight excluding hydrogens is 208 g/mol. The number of amides is 1. The van der Waals surface area contributed by atoms with E-state index in [2.05, 4.69) is 4.98 Å². The summed E-state index contributed by atoms with van der Waals surface area (Å²) in [5, 5.41) is 19.0. The summed E-state index contributed by atoms with van der Waals surface area (Å²) in [7, 11) is 1.57. The molecule has 16 heavy (non-hydrogen) atoms. The highest BCUT2D eigenvalue weighted by Crippen LogP contribution is 2.16. The van der Waals surface area contributed by atoms with E-state index in [1.807, 2.05) is 0 Å². The lowest BCUT2D eigenvalue weighted by molar-refractivity contribution is 0.0366. The number of rotatable bonds is 3. The molecule has 5 nitrogen and oxygen atoms in total. The van der Waals surface area contributed by atoms with Crippen molar-refractivity contribution in [1.82, 2.24) is 9.88 Å². The average Bonchev–Trinajstić information content (AvgIpc) is 2.15. The predicted molar refractivity (Wildman–Crippen MR) is 59.2 cm³/mol. The third-order valence-corrected chi connectivity index (χ3v) is 2.00. The number of likely N-dealkylation sites (N-methyl/N-ethyl adjacent to an activating group) is 1. The monoisotopic (exact) mass is 224 g/mol. The molecule has 5 heteroatoms. The van der Waals surface area contributed by atoms with E-state index in [-0.39, 0.29) is 23.8 Å². The van der Waals surface area contributed by atoms with Crippen LogP contribution >= 0.6 is 0 Å². The van der Waals surface area contributed by atoms with Crippen LogP contribution < -0.4 is 0 Å². The standard InChI is InChI=1S/C11H16N2O3/c1-11(2,16)7-13(3)10(15)8-4-5-12-6-9(8)14/h4-6,14,16H,7H2,1-3H3. The number of hydrogen-bond acceptors (Lipinski definition) is 4. The Kier molecular flexibility index (Phi) is 3.49. The second kappa shape index (κ2) is 4.49. The molecule has 0 bridgehead atoms. The molecule has 0 aliphatic rings. The molecule has 2 N–H and O–H groups in total. The van der Waals surface area contributed by atoms with Gasteiger partial charge in [-0.2, -0.15) is 0 Å². The lowest BCUT2D eigenvalue weighted by Crippen LogP contribution is -2.39. The van der Waals surface area contributed by atoms with Crippen LogP contribution in [0.5, 0.6) is 5.75 Å². The van der Waals surface area contributed by atoms with Crippen LogP contribution in [-0.2, 0) is 0 Å². The van der Waals surface area contributed by atoms with Gasteiger partial charge in [-0.05, 0) is 19.9 Å². The molecule has 0 saturated heterocycles. The van der Waals surface area contributed by atoms with Gasteiger partial charge in [0.25, 0.3) is 5.91 Å². The Morgan fingerprint density at radius 3 is 2.69 bits per heavy atom. The minimum Gasteiger partial charge on any atom is -0.505 e. The molecular formula is C11H16N2O3. The third-order valence-electron chi connectivity index (χ3n) is 2.00. The van der Waals surface area contributed by atoms with Crippen LogP contribution in [0.2, 0.25) is 0 Å². The van der Waals surface area contributed by atoms with Gasteiger partial charge in [0.1, 0.15) is 5.75 Å². The van der Waals surface area contributed by atoms with Crippen LogP contribution in [0, 0.1) is 0 Å². The molecule has 0 unspecified atom stereocenters. The summed E-state index contributed by atoms with van der Waals surface area (Å²) in [6, 6.07) is 1.44. The molecule has 0 aliphatic heterocycles. The molecule has 0 fully saturated rings. The fraction of sp³-hybridized carbons (Fsp3) is 0.455. The molecule has 1 heterocycles. The van der Waals surface area contributed by atoms with E-state index in [9.17, 15) is 15.0 Å². The maximum Gasteiger partial charge on any atom is 0.257 e. The van der Waals surface area contributed by atoms with Crippen LogP contribution in [0.4, 0.5) is 0 Å². The molecule has 1 aromatic heterocycles. The fourth-order valence-electron chi connectivity index (χ4n) is 1.42. The van der Waals surface area contributed by atoms with Crippen molar-refractivity contribution >= 4 is 5.91 Å². The largest absolute Gasteiger partial charge is 0.505 e. The zero-order chi connectivity index (χ0) is 12.3. The van der Waals surface area contributed by atoms with Gasteiger partial charge in [0.05, 0.1) is 17.4 Å². The Morgan fingerprint density at radius 2 is 2.19 bits per heavy atom. The summed E-state index contributed by atoms with van der Waals surface area (Å²) in [5.74, 6) is -0.503. The van der Waals surface area contributed by atoms with Crippen molar-refractivity contribution in [3.8, 4) is 5.75 Å². The molecule has 0 aromatic carbocycles. The number of pyridine rings is 1.